The molecule has 202 valence electrons. The number of aryl methyl sites for hydroxylation is 4. The minimum absolute atomic E-state index is 0.0162. The monoisotopic (exact) mass is 532 g/mol. The number of carbonyl (C=O) groups is 1. The Kier molecular flexibility index (Phi) is 9.06. The van der Waals surface area contributed by atoms with Crippen molar-refractivity contribution in [2.24, 2.45) is 11.8 Å². The lowest BCUT2D eigenvalue weighted by Crippen LogP contribution is -2.38. The molecular formula is C32H40N2O3S. The fourth-order valence-electron chi connectivity index (χ4n) is 5.67. The number of nitrogens with zero attached hydrogens (tertiary/aromatic N) is 1. The summed E-state index contributed by atoms with van der Waals surface area (Å²) in [5.74, 6) is 0.307. The molecule has 0 unspecified atom stereocenters. The van der Waals surface area contributed by atoms with Gasteiger partial charge >= 0.3 is 0 Å². The molecule has 0 saturated heterocycles. The molecule has 0 atom stereocenters. The number of hydrogen-bond acceptors (Lipinski definition) is 3. The zero-order valence-corrected chi connectivity index (χ0v) is 23.9. The van der Waals surface area contributed by atoms with E-state index in [0.29, 0.717) is 24.5 Å². The number of carbonyl (C=O) groups excluding carboxylic acids is 1. The van der Waals surface area contributed by atoms with E-state index in [2.05, 4.69) is 24.4 Å². The van der Waals surface area contributed by atoms with Crippen LogP contribution in [0.25, 0.3) is 0 Å². The van der Waals surface area contributed by atoms with Gasteiger partial charge in [-0.3, -0.25) is 4.79 Å². The molecule has 1 aliphatic carbocycles. The van der Waals surface area contributed by atoms with Gasteiger partial charge in [-0.2, -0.15) is 4.31 Å². The molecule has 5 nitrogen and oxygen atoms in total. The van der Waals surface area contributed by atoms with Crippen LogP contribution in [0.1, 0.15) is 59.1 Å². The Morgan fingerprint density at radius 2 is 1.42 bits per heavy atom. The van der Waals surface area contributed by atoms with E-state index < -0.39 is 10.0 Å². The van der Waals surface area contributed by atoms with E-state index in [9.17, 15) is 13.2 Å². The van der Waals surface area contributed by atoms with Crippen LogP contribution in [0.5, 0.6) is 0 Å². The topological polar surface area (TPSA) is 66.5 Å². The average molecular weight is 533 g/mol. The molecule has 3 aromatic carbocycles. The van der Waals surface area contributed by atoms with Crippen LogP contribution in [-0.4, -0.2) is 25.2 Å². The van der Waals surface area contributed by atoms with Gasteiger partial charge in [-0.15, -0.1) is 0 Å². The highest BCUT2D eigenvalue weighted by atomic mass is 32.2. The largest absolute Gasteiger partial charge is 0.352 e. The Balaban J connectivity index is 1.44. The van der Waals surface area contributed by atoms with Crippen LogP contribution >= 0.6 is 0 Å². The first-order valence-electron chi connectivity index (χ1n) is 13.6. The van der Waals surface area contributed by atoms with Crippen molar-refractivity contribution in [2.75, 3.05) is 6.54 Å². The van der Waals surface area contributed by atoms with Gasteiger partial charge in [0.25, 0.3) is 0 Å². The highest BCUT2D eigenvalue weighted by molar-refractivity contribution is 7.89. The molecule has 0 spiro atoms. The molecule has 1 amide bonds. The molecule has 1 aliphatic rings. The summed E-state index contributed by atoms with van der Waals surface area (Å²) in [6, 6.07) is 21.9. The van der Waals surface area contributed by atoms with Crippen LogP contribution in [-0.2, 0) is 27.9 Å². The van der Waals surface area contributed by atoms with Crippen molar-refractivity contribution in [1.82, 2.24) is 9.62 Å². The molecule has 0 aromatic heterocycles. The summed E-state index contributed by atoms with van der Waals surface area (Å²) in [5, 5.41) is 3.09. The lowest BCUT2D eigenvalue weighted by molar-refractivity contribution is -0.126. The summed E-state index contributed by atoms with van der Waals surface area (Å²) in [6.45, 7) is 9.15. The van der Waals surface area contributed by atoms with E-state index in [4.69, 9.17) is 0 Å². The van der Waals surface area contributed by atoms with Crippen LogP contribution < -0.4 is 5.32 Å². The third-order valence-electron chi connectivity index (χ3n) is 7.67. The minimum Gasteiger partial charge on any atom is -0.352 e. The average Bonchev–Trinajstić information content (AvgIpc) is 2.88. The van der Waals surface area contributed by atoms with Gasteiger partial charge in [-0.05, 0) is 81.5 Å². The SMILES string of the molecule is Cc1ccc(CNC(=O)C2CCC(CN(Cc3ccccc3)S(=O)(=O)c3c(C)cc(C)cc3C)CC2)cc1. The third kappa shape index (κ3) is 6.91. The van der Waals surface area contributed by atoms with Crippen molar-refractivity contribution in [2.45, 2.75) is 71.4 Å². The fraction of sp³-hybridized carbons (Fsp3) is 0.406. The van der Waals surface area contributed by atoms with Crippen molar-refractivity contribution in [3.8, 4) is 0 Å². The Morgan fingerprint density at radius 3 is 2.03 bits per heavy atom. The van der Waals surface area contributed by atoms with E-state index in [-0.39, 0.29) is 17.7 Å². The van der Waals surface area contributed by atoms with Gasteiger partial charge in [-0.25, -0.2) is 8.42 Å². The third-order valence-corrected chi connectivity index (χ3v) is 9.79. The Morgan fingerprint density at radius 1 is 0.816 bits per heavy atom. The van der Waals surface area contributed by atoms with E-state index >= 15 is 0 Å². The first-order valence-corrected chi connectivity index (χ1v) is 15.0. The summed E-state index contributed by atoms with van der Waals surface area (Å²) in [5.41, 5.74) is 5.91. The van der Waals surface area contributed by atoms with Gasteiger partial charge in [0.2, 0.25) is 15.9 Å². The molecule has 6 heteroatoms. The second-order valence-electron chi connectivity index (χ2n) is 10.9. The van der Waals surface area contributed by atoms with Crippen LogP contribution in [0.2, 0.25) is 0 Å². The van der Waals surface area contributed by atoms with Crippen molar-refractivity contribution in [3.05, 3.63) is 100 Å². The minimum atomic E-state index is -3.69. The molecule has 38 heavy (non-hydrogen) atoms. The van der Waals surface area contributed by atoms with Crippen LogP contribution in [0, 0.1) is 39.5 Å². The molecule has 1 saturated carbocycles. The maximum absolute atomic E-state index is 14.0. The number of nitrogens with one attached hydrogen (secondary N) is 1. The molecule has 1 N–H and O–H groups in total. The first kappa shape index (κ1) is 28.1. The molecule has 0 aliphatic heterocycles. The van der Waals surface area contributed by atoms with E-state index in [1.807, 2.05) is 75.4 Å². The quantitative estimate of drug-likeness (QED) is 0.355. The first-order chi connectivity index (χ1) is 18.1. The zero-order chi connectivity index (χ0) is 27.3. The molecule has 0 bridgehead atoms. The smallest absolute Gasteiger partial charge is 0.243 e. The molecule has 4 rings (SSSR count). The van der Waals surface area contributed by atoms with E-state index in [1.54, 1.807) is 4.31 Å². The number of benzene rings is 3. The van der Waals surface area contributed by atoms with Crippen molar-refractivity contribution in [3.63, 3.8) is 0 Å². The normalized spacial score (nSPS) is 17.9. The van der Waals surface area contributed by atoms with Crippen LogP contribution in [0.15, 0.2) is 71.6 Å². The number of rotatable bonds is 9. The summed E-state index contributed by atoms with van der Waals surface area (Å²) in [6.07, 6.45) is 3.25. The fourth-order valence-corrected chi connectivity index (χ4v) is 7.59. The maximum Gasteiger partial charge on any atom is 0.243 e. The Bertz CT molecular complexity index is 1320. The molecule has 1 fully saturated rings. The Labute approximate surface area is 228 Å². The summed E-state index contributed by atoms with van der Waals surface area (Å²) in [7, 11) is -3.69. The number of sulfonamides is 1. The summed E-state index contributed by atoms with van der Waals surface area (Å²) in [4.78, 5) is 13.3. The molecule has 0 radical (unpaired) electrons. The van der Waals surface area contributed by atoms with Crippen molar-refractivity contribution in [1.29, 1.82) is 0 Å². The predicted molar refractivity (Wildman–Crippen MR) is 153 cm³/mol. The Hall–Kier alpha value is -2.96. The number of amides is 1. The molecule has 0 heterocycles. The van der Waals surface area contributed by atoms with Gasteiger partial charge < -0.3 is 5.32 Å². The molecule has 3 aromatic rings. The van der Waals surface area contributed by atoms with Gasteiger partial charge in [0.05, 0.1) is 4.90 Å². The second kappa shape index (κ2) is 12.3. The van der Waals surface area contributed by atoms with Crippen LogP contribution in [0.4, 0.5) is 0 Å². The van der Waals surface area contributed by atoms with Gasteiger partial charge in [0.15, 0.2) is 0 Å². The lowest BCUT2D eigenvalue weighted by atomic mass is 9.81. The van der Waals surface area contributed by atoms with Gasteiger partial charge in [0.1, 0.15) is 0 Å². The highest BCUT2D eigenvalue weighted by Crippen LogP contribution is 2.33. The second-order valence-corrected chi connectivity index (χ2v) is 12.8. The highest BCUT2D eigenvalue weighted by Gasteiger charge is 2.33. The molecular weight excluding hydrogens is 492 g/mol. The predicted octanol–water partition coefficient (Wildman–Crippen LogP) is 6.23. The summed E-state index contributed by atoms with van der Waals surface area (Å²) < 4.78 is 29.7. The summed E-state index contributed by atoms with van der Waals surface area (Å²) >= 11 is 0. The van der Waals surface area contributed by atoms with Crippen molar-refractivity contribution >= 4 is 15.9 Å². The van der Waals surface area contributed by atoms with Crippen LogP contribution in [0.3, 0.4) is 0 Å². The maximum atomic E-state index is 14.0. The lowest BCUT2D eigenvalue weighted by Gasteiger charge is -2.32. The standard InChI is InChI=1S/C32H40N2O3S/c1-23-10-12-27(13-11-23)20-33-32(35)30-16-14-29(15-17-30)22-34(21-28-8-6-5-7-9-28)38(36,37)31-25(3)18-24(2)19-26(31)4/h5-13,18-19,29-30H,14-17,20-22H2,1-4H3,(H,33,35). The van der Waals surface area contributed by atoms with Gasteiger partial charge in [-0.1, -0.05) is 77.9 Å². The van der Waals surface area contributed by atoms with Crippen molar-refractivity contribution < 1.29 is 13.2 Å². The number of hydrogen-bond donors (Lipinski definition) is 1. The van der Waals surface area contributed by atoms with E-state index in [1.165, 1.54) is 5.56 Å². The zero-order valence-electron chi connectivity index (χ0n) is 23.0. The van der Waals surface area contributed by atoms with E-state index in [0.717, 1.165) is 53.5 Å². The van der Waals surface area contributed by atoms with Gasteiger partial charge in [0, 0.05) is 25.6 Å².